The molecule has 2 aromatic carbocycles. The van der Waals surface area contributed by atoms with Gasteiger partial charge in [0.1, 0.15) is 5.82 Å². The van der Waals surface area contributed by atoms with Gasteiger partial charge in [0.05, 0.1) is 22.9 Å². The number of nitrogens with zero attached hydrogens (tertiary/aromatic N) is 4. The van der Waals surface area contributed by atoms with E-state index < -0.39 is 11.8 Å². The number of hydrogen-bond donors (Lipinski definition) is 0. The molecular weight excluding hydrogens is 479 g/mol. The maximum atomic E-state index is 13.9. The van der Waals surface area contributed by atoms with Gasteiger partial charge in [-0.1, -0.05) is 24.3 Å². The molecule has 0 atom stereocenters. The van der Waals surface area contributed by atoms with Gasteiger partial charge in [0.25, 0.3) is 5.91 Å². The first kappa shape index (κ1) is 23.7. The SMILES string of the molecule is CCOC(=O)c1cc(-c2ccc(N3CCN(C(=O)c4cccs4)CC3)cc2)n(-c2cccc(F)c2)n1. The fourth-order valence-electron chi connectivity index (χ4n) is 4.26. The van der Waals surface area contributed by atoms with Gasteiger partial charge in [-0.3, -0.25) is 4.79 Å². The van der Waals surface area contributed by atoms with Gasteiger partial charge in [-0.2, -0.15) is 5.10 Å². The molecule has 0 N–H and O–H groups in total. The van der Waals surface area contributed by atoms with Gasteiger partial charge in [-0.25, -0.2) is 13.9 Å². The van der Waals surface area contributed by atoms with Gasteiger partial charge in [-0.15, -0.1) is 11.3 Å². The third kappa shape index (κ3) is 4.87. The summed E-state index contributed by atoms with van der Waals surface area (Å²) in [6.45, 7) is 4.78. The predicted molar refractivity (Wildman–Crippen MR) is 137 cm³/mol. The Balaban J connectivity index is 1.36. The second-order valence-corrected chi connectivity index (χ2v) is 9.28. The van der Waals surface area contributed by atoms with Gasteiger partial charge >= 0.3 is 5.97 Å². The smallest absolute Gasteiger partial charge is 0.358 e. The van der Waals surface area contributed by atoms with E-state index in [1.54, 1.807) is 29.8 Å². The molecule has 1 amide bonds. The first-order valence-corrected chi connectivity index (χ1v) is 12.6. The number of aromatic nitrogens is 2. The summed E-state index contributed by atoms with van der Waals surface area (Å²) in [6.07, 6.45) is 0. The van der Waals surface area contributed by atoms with E-state index in [0.29, 0.717) is 24.5 Å². The highest BCUT2D eigenvalue weighted by atomic mass is 32.1. The molecule has 2 aromatic heterocycles. The Morgan fingerprint density at radius 2 is 1.75 bits per heavy atom. The number of rotatable bonds is 6. The number of esters is 1. The van der Waals surface area contributed by atoms with Crippen LogP contribution in [0.4, 0.5) is 10.1 Å². The lowest BCUT2D eigenvalue weighted by molar-refractivity contribution is 0.0518. The molecule has 0 spiro atoms. The summed E-state index contributed by atoms with van der Waals surface area (Å²) in [5.74, 6) is -0.831. The number of benzene rings is 2. The first-order chi connectivity index (χ1) is 17.5. The Hall–Kier alpha value is -3.98. The Morgan fingerprint density at radius 3 is 2.42 bits per heavy atom. The number of halogens is 1. The van der Waals surface area contributed by atoms with Gasteiger partial charge in [0, 0.05) is 37.4 Å². The van der Waals surface area contributed by atoms with Crippen molar-refractivity contribution < 1.29 is 18.7 Å². The summed E-state index contributed by atoms with van der Waals surface area (Å²) in [4.78, 5) is 29.9. The summed E-state index contributed by atoms with van der Waals surface area (Å²) in [6, 6.07) is 19.4. The first-order valence-electron chi connectivity index (χ1n) is 11.7. The van der Waals surface area contributed by atoms with Crippen molar-refractivity contribution in [3.05, 3.63) is 88.5 Å². The minimum atomic E-state index is -0.527. The third-order valence-electron chi connectivity index (χ3n) is 6.07. The molecule has 1 aliphatic rings. The monoisotopic (exact) mass is 504 g/mol. The molecular formula is C27H25FN4O3S. The summed E-state index contributed by atoms with van der Waals surface area (Å²) in [5.41, 5.74) is 3.20. The highest BCUT2D eigenvalue weighted by Gasteiger charge is 2.23. The molecule has 5 rings (SSSR count). The van der Waals surface area contributed by atoms with Crippen molar-refractivity contribution in [2.45, 2.75) is 6.92 Å². The van der Waals surface area contributed by atoms with E-state index in [1.807, 2.05) is 46.7 Å². The molecule has 9 heteroatoms. The zero-order valence-electron chi connectivity index (χ0n) is 19.8. The predicted octanol–water partition coefficient (Wildman–Crippen LogP) is 4.88. The number of hydrogen-bond acceptors (Lipinski definition) is 6. The van der Waals surface area contributed by atoms with Crippen LogP contribution >= 0.6 is 11.3 Å². The standard InChI is InChI=1S/C27H25FN4O3S/c1-2-35-27(34)23-18-24(32(29-23)22-6-3-5-20(28)17-22)19-8-10-21(11-9-19)30-12-14-31(15-13-30)26(33)25-7-4-16-36-25/h3-11,16-18H,2,12-15H2,1H3. The Labute approximate surface area is 212 Å². The summed E-state index contributed by atoms with van der Waals surface area (Å²) in [5, 5.41) is 6.32. The highest BCUT2D eigenvalue weighted by molar-refractivity contribution is 7.12. The fraction of sp³-hybridized carbons (Fsp3) is 0.222. The molecule has 0 saturated carbocycles. The molecule has 1 aliphatic heterocycles. The molecule has 0 aliphatic carbocycles. The number of ether oxygens (including phenoxy) is 1. The van der Waals surface area contributed by atoms with Crippen molar-refractivity contribution in [1.29, 1.82) is 0 Å². The van der Waals surface area contributed by atoms with Crippen molar-refractivity contribution in [3.8, 4) is 16.9 Å². The van der Waals surface area contributed by atoms with Crippen molar-refractivity contribution in [2.75, 3.05) is 37.7 Å². The molecule has 0 unspecified atom stereocenters. The Bertz CT molecular complexity index is 1360. The largest absolute Gasteiger partial charge is 0.461 e. The lowest BCUT2D eigenvalue weighted by atomic mass is 10.1. The van der Waals surface area contributed by atoms with Crippen LogP contribution in [0.15, 0.2) is 72.1 Å². The van der Waals surface area contributed by atoms with Crippen molar-refractivity contribution >= 4 is 28.9 Å². The third-order valence-corrected chi connectivity index (χ3v) is 6.93. The van der Waals surface area contributed by atoms with E-state index in [9.17, 15) is 14.0 Å². The average Bonchev–Trinajstić information content (AvgIpc) is 3.60. The quantitative estimate of drug-likeness (QED) is 0.350. The summed E-state index contributed by atoms with van der Waals surface area (Å²) in [7, 11) is 0. The minimum Gasteiger partial charge on any atom is -0.461 e. The molecule has 1 fully saturated rings. The van der Waals surface area contributed by atoms with Gasteiger partial charge < -0.3 is 14.5 Å². The molecule has 7 nitrogen and oxygen atoms in total. The zero-order valence-corrected chi connectivity index (χ0v) is 20.6. The second kappa shape index (κ2) is 10.3. The number of thiophene rings is 1. The van der Waals surface area contributed by atoms with Crippen LogP contribution in [0.5, 0.6) is 0 Å². The van der Waals surface area contributed by atoms with E-state index in [4.69, 9.17) is 4.74 Å². The van der Waals surface area contributed by atoms with Gasteiger partial charge in [-0.05, 0) is 54.8 Å². The number of amides is 1. The maximum Gasteiger partial charge on any atom is 0.358 e. The van der Waals surface area contributed by atoms with Gasteiger partial charge in [0.2, 0.25) is 0 Å². The lowest BCUT2D eigenvalue weighted by Crippen LogP contribution is -2.48. The lowest BCUT2D eigenvalue weighted by Gasteiger charge is -2.36. The molecule has 36 heavy (non-hydrogen) atoms. The molecule has 0 bridgehead atoms. The molecule has 1 saturated heterocycles. The van der Waals surface area contributed by atoms with Crippen LogP contribution < -0.4 is 4.90 Å². The number of carbonyl (C=O) groups excluding carboxylic acids is 2. The Morgan fingerprint density at radius 1 is 0.972 bits per heavy atom. The maximum absolute atomic E-state index is 13.9. The van der Waals surface area contributed by atoms with Crippen LogP contribution in [0.3, 0.4) is 0 Å². The van der Waals surface area contributed by atoms with Crippen molar-refractivity contribution in [3.63, 3.8) is 0 Å². The highest BCUT2D eigenvalue weighted by Crippen LogP contribution is 2.28. The molecule has 0 radical (unpaired) electrons. The molecule has 3 heterocycles. The topological polar surface area (TPSA) is 67.7 Å². The number of carbonyl (C=O) groups is 2. The van der Waals surface area contributed by atoms with Crippen LogP contribution in [0.1, 0.15) is 27.1 Å². The van der Waals surface area contributed by atoms with E-state index >= 15 is 0 Å². The van der Waals surface area contributed by atoms with E-state index in [0.717, 1.165) is 29.2 Å². The van der Waals surface area contributed by atoms with Crippen molar-refractivity contribution in [2.24, 2.45) is 0 Å². The summed E-state index contributed by atoms with van der Waals surface area (Å²) >= 11 is 1.47. The van der Waals surface area contributed by atoms with Gasteiger partial charge in [0.15, 0.2) is 5.69 Å². The van der Waals surface area contributed by atoms with Crippen LogP contribution in [0.25, 0.3) is 16.9 Å². The van der Waals surface area contributed by atoms with Crippen LogP contribution in [-0.4, -0.2) is 59.3 Å². The minimum absolute atomic E-state index is 0.0861. The van der Waals surface area contributed by atoms with E-state index in [1.165, 1.54) is 23.5 Å². The van der Waals surface area contributed by atoms with Crippen molar-refractivity contribution in [1.82, 2.24) is 14.7 Å². The van der Waals surface area contributed by atoms with Crippen LogP contribution in [-0.2, 0) is 4.74 Å². The molecule has 4 aromatic rings. The van der Waals surface area contributed by atoms with E-state index in [2.05, 4.69) is 10.00 Å². The fourth-order valence-corrected chi connectivity index (χ4v) is 4.95. The normalized spacial score (nSPS) is 13.6. The number of anilines is 1. The van der Waals surface area contributed by atoms with Crippen LogP contribution in [0.2, 0.25) is 0 Å². The Kier molecular flexibility index (Phi) is 6.81. The second-order valence-electron chi connectivity index (χ2n) is 8.33. The van der Waals surface area contributed by atoms with Crippen LogP contribution in [0, 0.1) is 5.82 Å². The summed E-state index contributed by atoms with van der Waals surface area (Å²) < 4.78 is 20.6. The zero-order chi connectivity index (χ0) is 25.1. The average molecular weight is 505 g/mol. The number of piperazine rings is 1. The van der Waals surface area contributed by atoms with E-state index in [-0.39, 0.29) is 18.2 Å². The molecule has 184 valence electrons.